The maximum absolute atomic E-state index is 12.1. The van der Waals surface area contributed by atoms with Crippen molar-refractivity contribution in [2.24, 2.45) is 5.73 Å². The van der Waals surface area contributed by atoms with Gasteiger partial charge in [0, 0.05) is 28.0 Å². The molecular formula is C14H12BrN3O2S. The average Bonchev–Trinajstić information content (AvgIpc) is 2.40. The number of amides is 1. The molecule has 4 N–H and O–H groups in total. The third kappa shape index (κ3) is 3.56. The maximum Gasteiger partial charge on any atom is 0.261 e. The van der Waals surface area contributed by atoms with Gasteiger partial charge in [0.05, 0.1) is 5.69 Å². The number of aryl methyl sites for hydroxylation is 1. The number of benzene rings is 1. The van der Waals surface area contributed by atoms with E-state index in [1.54, 1.807) is 25.1 Å². The number of hydrogen-bond acceptors (Lipinski definition) is 3. The van der Waals surface area contributed by atoms with Crippen LogP contribution in [0.3, 0.4) is 0 Å². The van der Waals surface area contributed by atoms with Gasteiger partial charge >= 0.3 is 0 Å². The lowest BCUT2D eigenvalue weighted by atomic mass is 10.2. The monoisotopic (exact) mass is 365 g/mol. The summed E-state index contributed by atoms with van der Waals surface area (Å²) >= 11 is 8.21. The number of aromatic amines is 1. The Bertz CT molecular complexity index is 786. The standard InChI is InChI=1S/C14H12BrN3O2S/c1-7-4-12(19)9(6-17-7)14(20)18-11-3-2-8(13(16)21)5-10(11)15/h2-6H,1H3,(H2,16,21)(H,17,19)(H,18,20). The highest BCUT2D eigenvalue weighted by molar-refractivity contribution is 9.10. The second-order valence-electron chi connectivity index (χ2n) is 4.41. The quantitative estimate of drug-likeness (QED) is 0.728. The topological polar surface area (TPSA) is 88.0 Å². The summed E-state index contributed by atoms with van der Waals surface area (Å²) in [4.78, 5) is 27.0. The van der Waals surface area contributed by atoms with E-state index in [1.165, 1.54) is 12.3 Å². The van der Waals surface area contributed by atoms with Gasteiger partial charge in [0.15, 0.2) is 5.43 Å². The molecule has 0 unspecified atom stereocenters. The van der Waals surface area contributed by atoms with E-state index in [2.05, 4.69) is 26.2 Å². The molecule has 0 radical (unpaired) electrons. The largest absolute Gasteiger partial charge is 0.389 e. The average molecular weight is 366 g/mol. The Morgan fingerprint density at radius 1 is 1.38 bits per heavy atom. The molecule has 7 heteroatoms. The van der Waals surface area contributed by atoms with Gasteiger partial charge in [-0.1, -0.05) is 12.2 Å². The summed E-state index contributed by atoms with van der Waals surface area (Å²) in [5.41, 5.74) is 7.15. The zero-order valence-electron chi connectivity index (χ0n) is 11.1. The fourth-order valence-corrected chi connectivity index (χ4v) is 2.31. The zero-order chi connectivity index (χ0) is 15.6. The molecule has 2 rings (SSSR count). The summed E-state index contributed by atoms with van der Waals surface area (Å²) < 4.78 is 0.629. The summed E-state index contributed by atoms with van der Waals surface area (Å²) in [5, 5.41) is 2.66. The first-order valence-electron chi connectivity index (χ1n) is 5.98. The van der Waals surface area contributed by atoms with Gasteiger partial charge in [-0.25, -0.2) is 0 Å². The third-order valence-electron chi connectivity index (χ3n) is 2.80. The molecule has 1 heterocycles. The number of nitrogens with one attached hydrogen (secondary N) is 2. The molecule has 108 valence electrons. The van der Waals surface area contributed by atoms with E-state index < -0.39 is 5.91 Å². The fourth-order valence-electron chi connectivity index (χ4n) is 1.71. The van der Waals surface area contributed by atoms with Crippen LogP contribution in [0.5, 0.6) is 0 Å². The first-order chi connectivity index (χ1) is 9.88. The minimum absolute atomic E-state index is 0.0472. The summed E-state index contributed by atoms with van der Waals surface area (Å²) in [5.74, 6) is -0.486. The van der Waals surface area contributed by atoms with Crippen molar-refractivity contribution in [2.75, 3.05) is 5.32 Å². The molecule has 0 saturated carbocycles. The van der Waals surface area contributed by atoms with Gasteiger partial charge in [-0.15, -0.1) is 0 Å². The van der Waals surface area contributed by atoms with Crippen LogP contribution in [-0.2, 0) is 0 Å². The molecule has 1 amide bonds. The van der Waals surface area contributed by atoms with E-state index in [0.717, 1.165) is 0 Å². The summed E-state index contributed by atoms with van der Waals surface area (Å²) in [6.45, 7) is 1.74. The highest BCUT2D eigenvalue weighted by atomic mass is 79.9. The molecule has 0 spiro atoms. The van der Waals surface area contributed by atoms with Crippen molar-refractivity contribution in [1.82, 2.24) is 4.98 Å². The lowest BCUT2D eigenvalue weighted by molar-refractivity contribution is 0.102. The van der Waals surface area contributed by atoms with Gasteiger partial charge in [-0.05, 0) is 41.1 Å². The highest BCUT2D eigenvalue weighted by Crippen LogP contribution is 2.24. The molecular weight excluding hydrogens is 354 g/mol. The second-order valence-corrected chi connectivity index (χ2v) is 5.70. The van der Waals surface area contributed by atoms with Crippen LogP contribution >= 0.6 is 28.1 Å². The van der Waals surface area contributed by atoms with Gasteiger partial charge in [-0.2, -0.15) is 0 Å². The van der Waals surface area contributed by atoms with E-state index in [4.69, 9.17) is 18.0 Å². The number of anilines is 1. The molecule has 0 saturated heterocycles. The number of pyridine rings is 1. The van der Waals surface area contributed by atoms with Crippen molar-refractivity contribution in [3.05, 3.63) is 62.0 Å². The van der Waals surface area contributed by atoms with Gasteiger partial charge in [0.2, 0.25) is 0 Å². The molecule has 0 atom stereocenters. The predicted molar refractivity (Wildman–Crippen MR) is 89.8 cm³/mol. The maximum atomic E-state index is 12.1. The highest BCUT2D eigenvalue weighted by Gasteiger charge is 2.12. The van der Waals surface area contributed by atoms with E-state index in [-0.39, 0.29) is 16.0 Å². The van der Waals surface area contributed by atoms with E-state index in [1.807, 2.05) is 0 Å². The number of carbonyl (C=O) groups is 1. The molecule has 1 aromatic heterocycles. The van der Waals surface area contributed by atoms with Crippen molar-refractivity contribution in [3.63, 3.8) is 0 Å². The number of H-pyrrole nitrogens is 1. The van der Waals surface area contributed by atoms with Crippen LogP contribution in [0.15, 0.2) is 39.7 Å². The zero-order valence-corrected chi connectivity index (χ0v) is 13.5. The number of hydrogen-bond donors (Lipinski definition) is 3. The Hall–Kier alpha value is -1.99. The molecule has 0 fully saturated rings. The van der Waals surface area contributed by atoms with Gasteiger partial charge in [0.25, 0.3) is 5.91 Å². The third-order valence-corrected chi connectivity index (χ3v) is 3.70. The van der Waals surface area contributed by atoms with Crippen molar-refractivity contribution in [3.8, 4) is 0 Å². The van der Waals surface area contributed by atoms with Gasteiger partial charge in [0.1, 0.15) is 10.6 Å². The minimum atomic E-state index is -0.486. The Balaban J connectivity index is 2.27. The lowest BCUT2D eigenvalue weighted by Crippen LogP contribution is -2.21. The summed E-state index contributed by atoms with van der Waals surface area (Å²) in [6, 6.07) is 6.44. The minimum Gasteiger partial charge on any atom is -0.389 e. The van der Waals surface area contributed by atoms with Crippen molar-refractivity contribution in [2.45, 2.75) is 6.92 Å². The first-order valence-corrected chi connectivity index (χ1v) is 7.18. The number of nitrogens with two attached hydrogens (primary N) is 1. The summed E-state index contributed by atoms with van der Waals surface area (Å²) in [7, 11) is 0. The molecule has 1 aromatic carbocycles. The molecule has 0 aliphatic rings. The van der Waals surface area contributed by atoms with Crippen LogP contribution in [0.4, 0.5) is 5.69 Å². The number of rotatable bonds is 3. The van der Waals surface area contributed by atoms with Gasteiger partial charge < -0.3 is 16.0 Å². The molecule has 2 aromatic rings. The Labute approximate surface area is 134 Å². The predicted octanol–water partition coefficient (Wildman–Crippen LogP) is 2.33. The Morgan fingerprint density at radius 3 is 2.67 bits per heavy atom. The van der Waals surface area contributed by atoms with E-state index in [0.29, 0.717) is 21.4 Å². The number of halogens is 1. The van der Waals surface area contributed by atoms with Crippen molar-refractivity contribution >= 4 is 44.7 Å². The number of carbonyl (C=O) groups excluding carboxylic acids is 1. The number of thiocarbonyl (C=S) groups is 1. The van der Waals surface area contributed by atoms with Gasteiger partial charge in [-0.3, -0.25) is 9.59 Å². The molecule has 21 heavy (non-hydrogen) atoms. The van der Waals surface area contributed by atoms with Crippen LogP contribution < -0.4 is 16.5 Å². The smallest absolute Gasteiger partial charge is 0.261 e. The summed E-state index contributed by atoms with van der Waals surface area (Å²) in [6.07, 6.45) is 1.39. The van der Waals surface area contributed by atoms with Crippen LogP contribution in [0.2, 0.25) is 0 Å². The molecule has 0 aliphatic heterocycles. The molecule has 0 bridgehead atoms. The van der Waals surface area contributed by atoms with E-state index >= 15 is 0 Å². The SMILES string of the molecule is Cc1cc(=O)c(C(=O)Nc2ccc(C(N)=S)cc2Br)c[nH]1. The fraction of sp³-hybridized carbons (Fsp3) is 0.0714. The van der Waals surface area contributed by atoms with Crippen molar-refractivity contribution < 1.29 is 4.79 Å². The second kappa shape index (κ2) is 6.19. The lowest BCUT2D eigenvalue weighted by Gasteiger charge is -2.08. The Kier molecular flexibility index (Phi) is 4.54. The van der Waals surface area contributed by atoms with Crippen LogP contribution in [0.1, 0.15) is 21.6 Å². The Morgan fingerprint density at radius 2 is 2.10 bits per heavy atom. The van der Waals surface area contributed by atoms with Crippen LogP contribution in [-0.4, -0.2) is 15.9 Å². The normalized spacial score (nSPS) is 10.2. The van der Waals surface area contributed by atoms with Crippen LogP contribution in [0.25, 0.3) is 0 Å². The number of aromatic nitrogens is 1. The molecule has 0 aliphatic carbocycles. The van der Waals surface area contributed by atoms with E-state index in [9.17, 15) is 9.59 Å². The van der Waals surface area contributed by atoms with Crippen molar-refractivity contribution in [1.29, 1.82) is 0 Å². The first kappa shape index (κ1) is 15.4. The van der Waals surface area contributed by atoms with Crippen LogP contribution in [0, 0.1) is 6.92 Å². The molecule has 5 nitrogen and oxygen atoms in total.